The number of carbonyl (C=O) groups is 1. The molecule has 0 saturated heterocycles. The second kappa shape index (κ2) is 9.12. The highest BCUT2D eigenvalue weighted by molar-refractivity contribution is 7.99. The Kier molecular flexibility index (Phi) is 6.88. The number of carbonyl (C=O) groups excluding carboxylic acids is 1. The van der Waals surface area contributed by atoms with Crippen molar-refractivity contribution < 1.29 is 19.0 Å². The molecule has 0 unspecified atom stereocenters. The molecule has 0 amide bonds. The SMILES string of the molecule is C=CCn1c(SCC(=O)OC)nnc1[C@H](C)Oc1ccc(OC)cc1. The third kappa shape index (κ3) is 4.99. The monoisotopic (exact) mass is 363 g/mol. The molecule has 1 aromatic heterocycles. The number of nitrogens with zero attached hydrogens (tertiary/aromatic N) is 3. The number of benzene rings is 1. The summed E-state index contributed by atoms with van der Waals surface area (Å²) in [6.07, 6.45) is 1.42. The van der Waals surface area contributed by atoms with Crippen LogP contribution in [0.25, 0.3) is 0 Å². The van der Waals surface area contributed by atoms with Gasteiger partial charge in [0.1, 0.15) is 11.5 Å². The van der Waals surface area contributed by atoms with E-state index in [-0.39, 0.29) is 17.8 Å². The van der Waals surface area contributed by atoms with Crippen LogP contribution in [-0.2, 0) is 16.1 Å². The van der Waals surface area contributed by atoms with Crippen LogP contribution < -0.4 is 9.47 Å². The van der Waals surface area contributed by atoms with Crippen molar-refractivity contribution in [3.8, 4) is 11.5 Å². The van der Waals surface area contributed by atoms with Crippen molar-refractivity contribution in [2.45, 2.75) is 24.7 Å². The van der Waals surface area contributed by atoms with E-state index < -0.39 is 0 Å². The van der Waals surface area contributed by atoms with Crippen molar-refractivity contribution in [2.24, 2.45) is 0 Å². The minimum absolute atomic E-state index is 0.166. The van der Waals surface area contributed by atoms with Crippen LogP contribution in [0.2, 0.25) is 0 Å². The largest absolute Gasteiger partial charge is 0.497 e. The zero-order chi connectivity index (χ0) is 18.2. The maximum Gasteiger partial charge on any atom is 0.316 e. The molecule has 8 heteroatoms. The average molecular weight is 363 g/mol. The Hall–Kier alpha value is -2.48. The van der Waals surface area contributed by atoms with Crippen LogP contribution >= 0.6 is 11.8 Å². The van der Waals surface area contributed by atoms with Crippen LogP contribution in [0.15, 0.2) is 42.1 Å². The second-order valence-electron chi connectivity index (χ2n) is 5.04. The Balaban J connectivity index is 2.14. The van der Waals surface area contributed by atoms with Gasteiger partial charge in [0.25, 0.3) is 0 Å². The number of allylic oxidation sites excluding steroid dienone is 1. The molecule has 7 nitrogen and oxygen atoms in total. The summed E-state index contributed by atoms with van der Waals surface area (Å²) in [5.74, 6) is 1.96. The van der Waals surface area contributed by atoms with Crippen LogP contribution in [-0.4, -0.2) is 40.7 Å². The van der Waals surface area contributed by atoms with Gasteiger partial charge in [-0.1, -0.05) is 17.8 Å². The fourth-order valence-electron chi connectivity index (χ4n) is 2.10. The number of esters is 1. The van der Waals surface area contributed by atoms with E-state index in [0.29, 0.717) is 23.3 Å². The predicted molar refractivity (Wildman–Crippen MR) is 95.0 cm³/mol. The summed E-state index contributed by atoms with van der Waals surface area (Å²) < 4.78 is 17.6. The average Bonchev–Trinajstić information content (AvgIpc) is 3.03. The molecule has 25 heavy (non-hydrogen) atoms. The van der Waals surface area contributed by atoms with Crippen molar-refractivity contribution in [3.63, 3.8) is 0 Å². The summed E-state index contributed by atoms with van der Waals surface area (Å²) >= 11 is 1.26. The summed E-state index contributed by atoms with van der Waals surface area (Å²) in [4.78, 5) is 11.3. The lowest BCUT2D eigenvalue weighted by atomic mass is 10.3. The highest BCUT2D eigenvalue weighted by atomic mass is 32.2. The summed E-state index contributed by atoms with van der Waals surface area (Å²) in [5, 5.41) is 8.98. The molecule has 2 rings (SSSR count). The van der Waals surface area contributed by atoms with Gasteiger partial charge in [0, 0.05) is 6.54 Å². The molecule has 0 radical (unpaired) electrons. The summed E-state index contributed by atoms with van der Waals surface area (Å²) in [6, 6.07) is 7.31. The number of hydrogen-bond acceptors (Lipinski definition) is 7. The van der Waals surface area contributed by atoms with Crippen LogP contribution in [0.1, 0.15) is 18.9 Å². The molecule has 134 valence electrons. The Morgan fingerprint density at radius 3 is 2.56 bits per heavy atom. The molecule has 0 saturated carbocycles. The first kappa shape index (κ1) is 18.9. The minimum Gasteiger partial charge on any atom is -0.497 e. The number of methoxy groups -OCH3 is 2. The standard InChI is InChI=1S/C17H21N3O4S/c1-5-10-20-16(18-19-17(20)25-11-15(21)23-4)12(2)24-14-8-6-13(22-3)7-9-14/h5-9,12H,1,10-11H2,2-4H3/t12-/m0/s1. The van der Waals surface area contributed by atoms with E-state index in [2.05, 4.69) is 21.5 Å². The number of hydrogen-bond donors (Lipinski definition) is 0. The predicted octanol–water partition coefficient (Wildman–Crippen LogP) is 2.88. The highest BCUT2D eigenvalue weighted by Crippen LogP contribution is 2.26. The lowest BCUT2D eigenvalue weighted by molar-refractivity contribution is -0.137. The Morgan fingerprint density at radius 2 is 1.96 bits per heavy atom. The van der Waals surface area contributed by atoms with E-state index in [9.17, 15) is 4.79 Å². The minimum atomic E-state index is -0.326. The normalized spacial score (nSPS) is 11.6. The molecule has 1 atom stereocenters. The van der Waals surface area contributed by atoms with Crippen molar-refractivity contribution in [2.75, 3.05) is 20.0 Å². The Morgan fingerprint density at radius 1 is 1.28 bits per heavy atom. The summed E-state index contributed by atoms with van der Waals surface area (Å²) in [7, 11) is 2.97. The maximum atomic E-state index is 11.3. The second-order valence-corrected chi connectivity index (χ2v) is 5.98. The smallest absolute Gasteiger partial charge is 0.316 e. The molecule has 1 heterocycles. The molecule has 0 aliphatic carbocycles. The van der Waals surface area contributed by atoms with Gasteiger partial charge >= 0.3 is 5.97 Å². The van der Waals surface area contributed by atoms with Gasteiger partial charge in [-0.05, 0) is 31.2 Å². The first-order valence-electron chi connectivity index (χ1n) is 7.63. The number of rotatable bonds is 9. The molecule has 0 bridgehead atoms. The molecule has 0 aliphatic rings. The molecular formula is C17H21N3O4S. The van der Waals surface area contributed by atoms with Gasteiger partial charge in [0.15, 0.2) is 17.1 Å². The van der Waals surface area contributed by atoms with Crippen molar-refractivity contribution in [3.05, 3.63) is 42.7 Å². The Bertz CT molecular complexity index is 715. The van der Waals surface area contributed by atoms with Crippen molar-refractivity contribution in [1.82, 2.24) is 14.8 Å². The number of ether oxygens (including phenoxy) is 3. The van der Waals surface area contributed by atoms with Crippen LogP contribution in [0, 0.1) is 0 Å². The third-order valence-corrected chi connectivity index (χ3v) is 4.28. The van der Waals surface area contributed by atoms with Gasteiger partial charge in [-0.25, -0.2) is 0 Å². The van der Waals surface area contributed by atoms with E-state index in [1.165, 1.54) is 18.9 Å². The zero-order valence-corrected chi connectivity index (χ0v) is 15.3. The van der Waals surface area contributed by atoms with Crippen LogP contribution in [0.5, 0.6) is 11.5 Å². The quantitative estimate of drug-likeness (QED) is 0.385. The van der Waals surface area contributed by atoms with Gasteiger partial charge < -0.3 is 14.2 Å². The fraction of sp³-hybridized carbons (Fsp3) is 0.353. The highest BCUT2D eigenvalue weighted by Gasteiger charge is 2.19. The molecule has 1 aromatic carbocycles. The Labute approximate surface area is 151 Å². The summed E-state index contributed by atoms with van der Waals surface area (Å²) in [6.45, 7) is 6.17. The zero-order valence-electron chi connectivity index (χ0n) is 14.5. The molecular weight excluding hydrogens is 342 g/mol. The summed E-state index contributed by atoms with van der Waals surface area (Å²) in [5.41, 5.74) is 0. The first-order valence-corrected chi connectivity index (χ1v) is 8.62. The van der Waals surface area contributed by atoms with Gasteiger partial charge in [-0.2, -0.15) is 0 Å². The van der Waals surface area contributed by atoms with Gasteiger partial charge in [0.2, 0.25) is 0 Å². The molecule has 0 aliphatic heterocycles. The maximum absolute atomic E-state index is 11.3. The van der Waals surface area contributed by atoms with E-state index in [4.69, 9.17) is 9.47 Å². The number of aromatic nitrogens is 3. The van der Waals surface area contributed by atoms with Crippen LogP contribution in [0.3, 0.4) is 0 Å². The van der Waals surface area contributed by atoms with E-state index >= 15 is 0 Å². The molecule has 2 aromatic rings. The third-order valence-electron chi connectivity index (χ3n) is 3.34. The van der Waals surface area contributed by atoms with E-state index in [1.54, 1.807) is 13.2 Å². The van der Waals surface area contributed by atoms with Gasteiger partial charge in [-0.3, -0.25) is 9.36 Å². The lowest BCUT2D eigenvalue weighted by Crippen LogP contribution is -2.12. The lowest BCUT2D eigenvalue weighted by Gasteiger charge is -2.16. The first-order chi connectivity index (χ1) is 12.1. The van der Waals surface area contributed by atoms with Crippen LogP contribution in [0.4, 0.5) is 0 Å². The fourth-order valence-corrected chi connectivity index (χ4v) is 2.89. The molecule has 0 fully saturated rings. The number of thioether (sulfide) groups is 1. The molecule has 0 spiro atoms. The van der Waals surface area contributed by atoms with E-state index in [1.807, 2.05) is 35.8 Å². The van der Waals surface area contributed by atoms with Crippen molar-refractivity contribution in [1.29, 1.82) is 0 Å². The van der Waals surface area contributed by atoms with Crippen molar-refractivity contribution >= 4 is 17.7 Å². The van der Waals surface area contributed by atoms with E-state index in [0.717, 1.165) is 5.75 Å². The topological polar surface area (TPSA) is 75.5 Å². The van der Waals surface area contributed by atoms with Gasteiger partial charge in [-0.15, -0.1) is 16.8 Å². The molecule has 0 N–H and O–H groups in total. The van der Waals surface area contributed by atoms with Gasteiger partial charge in [0.05, 0.1) is 20.0 Å².